The van der Waals surface area contributed by atoms with Crippen LogP contribution < -0.4 is 5.32 Å². The lowest BCUT2D eigenvalue weighted by atomic mass is 10.1. The summed E-state index contributed by atoms with van der Waals surface area (Å²) in [6, 6.07) is 10.4. The summed E-state index contributed by atoms with van der Waals surface area (Å²) in [4.78, 5) is 28.8. The fourth-order valence-electron chi connectivity index (χ4n) is 2.84. The summed E-state index contributed by atoms with van der Waals surface area (Å²) >= 11 is 6.05. The quantitative estimate of drug-likeness (QED) is 0.615. The molecule has 0 unspecified atom stereocenters. The molecule has 0 radical (unpaired) electrons. The average molecular weight is 399 g/mol. The summed E-state index contributed by atoms with van der Waals surface area (Å²) in [6.45, 7) is 3.87. The Balaban J connectivity index is 2.22. The molecule has 0 fully saturated rings. The minimum absolute atomic E-state index is 0.235. The van der Waals surface area contributed by atoms with Crippen LogP contribution in [0, 0.1) is 6.92 Å². The number of hydrogen-bond acceptors (Lipinski definition) is 6. The Bertz CT molecular complexity index is 1070. The van der Waals surface area contributed by atoms with Crippen LogP contribution in [0.2, 0.25) is 5.02 Å². The number of hydrogen-bond donors (Lipinski definition) is 1. The number of nitrogens with zero attached hydrogens (tertiary/aromatic N) is 1. The second-order valence-electron chi connectivity index (χ2n) is 6.08. The second kappa shape index (κ2) is 8.27. The number of aromatic nitrogens is 1. The van der Waals surface area contributed by atoms with Gasteiger partial charge in [0, 0.05) is 22.3 Å². The molecular formula is C21H19ClN2O4. The second-order valence-corrected chi connectivity index (χ2v) is 6.51. The van der Waals surface area contributed by atoms with Gasteiger partial charge in [0.15, 0.2) is 0 Å². The third-order valence-corrected chi connectivity index (χ3v) is 4.47. The molecule has 1 N–H and O–H groups in total. The van der Waals surface area contributed by atoms with Crippen molar-refractivity contribution in [2.75, 3.05) is 19.0 Å². The van der Waals surface area contributed by atoms with E-state index in [-0.39, 0.29) is 12.2 Å². The van der Waals surface area contributed by atoms with Crippen LogP contribution in [0.4, 0.5) is 11.4 Å². The zero-order valence-electron chi connectivity index (χ0n) is 15.7. The number of methoxy groups -OCH3 is 1. The third kappa shape index (κ3) is 3.92. The zero-order valence-corrected chi connectivity index (χ0v) is 16.5. The minimum Gasteiger partial charge on any atom is -0.465 e. The van der Waals surface area contributed by atoms with E-state index < -0.39 is 11.9 Å². The third-order valence-electron chi connectivity index (χ3n) is 4.23. The predicted molar refractivity (Wildman–Crippen MR) is 109 cm³/mol. The van der Waals surface area contributed by atoms with E-state index in [9.17, 15) is 9.59 Å². The van der Waals surface area contributed by atoms with Gasteiger partial charge in [0.1, 0.15) is 5.56 Å². The molecular weight excluding hydrogens is 380 g/mol. The maximum absolute atomic E-state index is 12.5. The van der Waals surface area contributed by atoms with Gasteiger partial charge in [-0.3, -0.25) is 4.98 Å². The number of ether oxygens (including phenoxy) is 2. The number of aryl methyl sites for hydroxylation is 1. The molecule has 0 spiro atoms. The molecule has 3 rings (SSSR count). The van der Waals surface area contributed by atoms with Gasteiger partial charge in [0.25, 0.3) is 0 Å². The molecule has 0 atom stereocenters. The summed E-state index contributed by atoms with van der Waals surface area (Å²) < 4.78 is 9.98. The molecule has 1 heterocycles. The van der Waals surface area contributed by atoms with Crippen molar-refractivity contribution in [3.63, 3.8) is 0 Å². The number of halogens is 1. The van der Waals surface area contributed by atoms with Crippen molar-refractivity contribution in [1.29, 1.82) is 0 Å². The minimum atomic E-state index is -0.505. The highest BCUT2D eigenvalue weighted by molar-refractivity contribution is 6.30. The van der Waals surface area contributed by atoms with Gasteiger partial charge < -0.3 is 14.8 Å². The van der Waals surface area contributed by atoms with E-state index in [0.29, 0.717) is 27.2 Å². The summed E-state index contributed by atoms with van der Waals surface area (Å²) in [5, 5.41) is 4.49. The van der Waals surface area contributed by atoms with Crippen LogP contribution in [0.25, 0.3) is 10.9 Å². The Kier molecular flexibility index (Phi) is 5.80. The molecule has 0 aliphatic rings. The summed E-state index contributed by atoms with van der Waals surface area (Å²) in [5.74, 6) is -0.980. The van der Waals surface area contributed by atoms with E-state index in [2.05, 4.69) is 10.3 Å². The molecule has 0 saturated carbocycles. The monoisotopic (exact) mass is 398 g/mol. The van der Waals surface area contributed by atoms with Crippen molar-refractivity contribution < 1.29 is 19.1 Å². The topological polar surface area (TPSA) is 77.5 Å². The predicted octanol–water partition coefficient (Wildman–Crippen LogP) is 4.90. The molecule has 0 aliphatic heterocycles. The molecule has 6 nitrogen and oxygen atoms in total. The largest absolute Gasteiger partial charge is 0.465 e. The fraction of sp³-hybridized carbons (Fsp3) is 0.190. The summed E-state index contributed by atoms with van der Waals surface area (Å²) in [6.07, 6.45) is 1.46. The standard InChI is InChI=1S/C21H19ClN2O4/c1-4-28-21(26)16-11-23-18-7-5-13(20(25)27-3)10-15(18)19(16)24-17-8-6-14(22)9-12(17)2/h5-11H,4H2,1-3H3,(H,23,24). The van der Waals surface area contributed by atoms with E-state index in [0.717, 1.165) is 11.3 Å². The number of fused-ring (bicyclic) bond motifs is 1. The average Bonchev–Trinajstić information content (AvgIpc) is 2.69. The Morgan fingerprint density at radius 2 is 1.93 bits per heavy atom. The first-order valence-electron chi connectivity index (χ1n) is 8.66. The number of nitrogens with one attached hydrogen (secondary N) is 1. The number of benzene rings is 2. The lowest BCUT2D eigenvalue weighted by molar-refractivity contribution is 0.0526. The van der Waals surface area contributed by atoms with Gasteiger partial charge in [0.2, 0.25) is 0 Å². The Morgan fingerprint density at radius 1 is 1.14 bits per heavy atom. The Morgan fingerprint density at radius 3 is 2.61 bits per heavy atom. The molecule has 2 aromatic carbocycles. The Labute approximate surface area is 167 Å². The lowest BCUT2D eigenvalue weighted by Crippen LogP contribution is -2.10. The van der Waals surface area contributed by atoms with Crippen molar-refractivity contribution in [3.05, 3.63) is 64.3 Å². The molecule has 0 saturated heterocycles. The van der Waals surface area contributed by atoms with Crippen LogP contribution >= 0.6 is 11.6 Å². The lowest BCUT2D eigenvalue weighted by Gasteiger charge is -2.16. The number of anilines is 2. The van der Waals surface area contributed by atoms with Crippen LogP contribution in [0.3, 0.4) is 0 Å². The maximum Gasteiger partial charge on any atom is 0.341 e. The van der Waals surface area contributed by atoms with Crippen LogP contribution in [-0.2, 0) is 9.47 Å². The van der Waals surface area contributed by atoms with Gasteiger partial charge in [0.05, 0.1) is 30.5 Å². The van der Waals surface area contributed by atoms with Gasteiger partial charge in [-0.15, -0.1) is 0 Å². The van der Waals surface area contributed by atoms with Crippen molar-refractivity contribution in [1.82, 2.24) is 4.98 Å². The van der Waals surface area contributed by atoms with E-state index >= 15 is 0 Å². The maximum atomic E-state index is 12.5. The van der Waals surface area contributed by atoms with Gasteiger partial charge in [-0.05, 0) is 55.8 Å². The van der Waals surface area contributed by atoms with Crippen molar-refractivity contribution >= 4 is 45.8 Å². The van der Waals surface area contributed by atoms with Crippen molar-refractivity contribution in [2.45, 2.75) is 13.8 Å². The Hall–Kier alpha value is -3.12. The fourth-order valence-corrected chi connectivity index (χ4v) is 3.06. The van der Waals surface area contributed by atoms with E-state index in [1.807, 2.05) is 19.1 Å². The van der Waals surface area contributed by atoms with Gasteiger partial charge in [-0.1, -0.05) is 11.6 Å². The molecule has 0 amide bonds. The molecule has 28 heavy (non-hydrogen) atoms. The smallest absolute Gasteiger partial charge is 0.341 e. The number of rotatable bonds is 5. The molecule has 3 aromatic rings. The number of carbonyl (C=O) groups is 2. The van der Waals surface area contributed by atoms with Crippen LogP contribution in [0.5, 0.6) is 0 Å². The first-order valence-corrected chi connectivity index (χ1v) is 9.03. The van der Waals surface area contributed by atoms with Crippen LogP contribution in [0.15, 0.2) is 42.6 Å². The van der Waals surface area contributed by atoms with Gasteiger partial charge in [-0.2, -0.15) is 0 Å². The highest BCUT2D eigenvalue weighted by Gasteiger charge is 2.19. The van der Waals surface area contributed by atoms with Gasteiger partial charge >= 0.3 is 11.9 Å². The molecule has 1 aromatic heterocycles. The summed E-state index contributed by atoms with van der Waals surface area (Å²) in [7, 11) is 1.32. The van der Waals surface area contributed by atoms with Crippen LogP contribution in [-0.4, -0.2) is 30.6 Å². The number of carbonyl (C=O) groups excluding carboxylic acids is 2. The first-order chi connectivity index (χ1) is 13.4. The highest BCUT2D eigenvalue weighted by atomic mass is 35.5. The number of esters is 2. The normalized spacial score (nSPS) is 10.6. The number of pyridine rings is 1. The highest BCUT2D eigenvalue weighted by Crippen LogP contribution is 2.32. The molecule has 144 valence electrons. The molecule has 0 aliphatic carbocycles. The SMILES string of the molecule is CCOC(=O)c1cnc2ccc(C(=O)OC)cc2c1Nc1ccc(Cl)cc1C. The van der Waals surface area contributed by atoms with E-state index in [1.165, 1.54) is 13.3 Å². The van der Waals surface area contributed by atoms with E-state index in [4.69, 9.17) is 21.1 Å². The van der Waals surface area contributed by atoms with Crippen LogP contribution in [0.1, 0.15) is 33.2 Å². The first kappa shape index (κ1) is 19.6. The zero-order chi connectivity index (χ0) is 20.3. The van der Waals surface area contributed by atoms with Crippen molar-refractivity contribution in [2.24, 2.45) is 0 Å². The van der Waals surface area contributed by atoms with Gasteiger partial charge in [-0.25, -0.2) is 9.59 Å². The molecule has 0 bridgehead atoms. The van der Waals surface area contributed by atoms with E-state index in [1.54, 1.807) is 31.2 Å². The summed E-state index contributed by atoms with van der Waals surface area (Å²) in [5.41, 5.74) is 3.41. The molecule has 7 heteroatoms. The van der Waals surface area contributed by atoms with Crippen molar-refractivity contribution in [3.8, 4) is 0 Å².